The van der Waals surface area contributed by atoms with Crippen molar-refractivity contribution in [3.05, 3.63) is 23.2 Å². The maximum absolute atomic E-state index is 11.1. The van der Waals surface area contributed by atoms with E-state index in [9.17, 15) is 4.79 Å². The summed E-state index contributed by atoms with van der Waals surface area (Å²) in [5, 5.41) is 3.62. The first-order valence-electron chi connectivity index (χ1n) is 5.40. The van der Waals surface area contributed by atoms with E-state index in [-0.39, 0.29) is 5.97 Å². The highest BCUT2D eigenvalue weighted by Gasteiger charge is 2.03. The second-order valence-corrected chi connectivity index (χ2v) is 3.74. The zero-order chi connectivity index (χ0) is 12.7. The monoisotopic (exact) mass is 257 g/mol. The number of halogens is 1. The Bertz CT molecular complexity index is 382. The molecule has 0 fully saturated rings. The van der Waals surface area contributed by atoms with Gasteiger partial charge in [0.25, 0.3) is 0 Å². The standard InChI is InChI=1S/C12H16ClNO3/c1-3-17-12(15)6-7-14-9-4-5-11(16-2)10(13)8-9/h4-5,8,14H,3,6-7H2,1-2H3. The molecule has 0 atom stereocenters. The molecule has 0 heterocycles. The molecule has 1 aromatic carbocycles. The number of anilines is 1. The van der Waals surface area contributed by atoms with E-state index >= 15 is 0 Å². The lowest BCUT2D eigenvalue weighted by Gasteiger charge is -2.08. The van der Waals surface area contributed by atoms with Crippen LogP contribution in [-0.2, 0) is 9.53 Å². The molecule has 0 saturated carbocycles. The second kappa shape index (κ2) is 7.01. The highest BCUT2D eigenvalue weighted by Crippen LogP contribution is 2.27. The fourth-order valence-corrected chi connectivity index (χ4v) is 1.58. The third kappa shape index (κ3) is 4.53. The Morgan fingerprint density at radius 3 is 2.82 bits per heavy atom. The summed E-state index contributed by atoms with van der Waals surface area (Å²) in [6.07, 6.45) is 0.331. The third-order valence-corrected chi connectivity index (χ3v) is 2.41. The Morgan fingerprint density at radius 2 is 2.24 bits per heavy atom. The Balaban J connectivity index is 2.42. The fourth-order valence-electron chi connectivity index (χ4n) is 1.32. The van der Waals surface area contributed by atoms with Gasteiger partial charge in [-0.3, -0.25) is 4.79 Å². The summed E-state index contributed by atoms with van der Waals surface area (Å²) in [5.74, 6) is 0.419. The van der Waals surface area contributed by atoms with Crippen LogP contribution in [0.15, 0.2) is 18.2 Å². The molecule has 1 aromatic rings. The molecule has 0 aliphatic heterocycles. The first-order chi connectivity index (χ1) is 8.17. The quantitative estimate of drug-likeness (QED) is 0.796. The van der Waals surface area contributed by atoms with Crippen molar-refractivity contribution in [2.75, 3.05) is 25.6 Å². The van der Waals surface area contributed by atoms with Gasteiger partial charge in [0.1, 0.15) is 5.75 Å². The number of methoxy groups -OCH3 is 1. The van der Waals surface area contributed by atoms with Crippen molar-refractivity contribution in [1.29, 1.82) is 0 Å². The van der Waals surface area contributed by atoms with E-state index < -0.39 is 0 Å². The number of hydrogen-bond acceptors (Lipinski definition) is 4. The van der Waals surface area contributed by atoms with Crippen LogP contribution in [0.5, 0.6) is 5.75 Å². The summed E-state index contributed by atoms with van der Waals surface area (Å²) < 4.78 is 9.86. The van der Waals surface area contributed by atoms with Crippen LogP contribution >= 0.6 is 11.6 Å². The molecule has 1 rings (SSSR count). The number of hydrogen-bond donors (Lipinski definition) is 1. The zero-order valence-electron chi connectivity index (χ0n) is 9.96. The normalized spacial score (nSPS) is 9.82. The van der Waals surface area contributed by atoms with Gasteiger partial charge >= 0.3 is 5.97 Å². The molecular weight excluding hydrogens is 242 g/mol. The van der Waals surface area contributed by atoms with Crippen molar-refractivity contribution in [2.45, 2.75) is 13.3 Å². The molecule has 0 saturated heterocycles. The number of benzene rings is 1. The molecular formula is C12H16ClNO3. The summed E-state index contributed by atoms with van der Waals surface area (Å²) >= 11 is 5.96. The van der Waals surface area contributed by atoms with Crippen LogP contribution in [0.2, 0.25) is 5.02 Å². The maximum atomic E-state index is 11.1. The van der Waals surface area contributed by atoms with Crippen molar-refractivity contribution < 1.29 is 14.3 Å². The predicted octanol–water partition coefficient (Wildman–Crippen LogP) is 2.71. The molecule has 0 aromatic heterocycles. The predicted molar refractivity (Wildman–Crippen MR) is 67.7 cm³/mol. The topological polar surface area (TPSA) is 47.6 Å². The highest BCUT2D eigenvalue weighted by atomic mass is 35.5. The van der Waals surface area contributed by atoms with Gasteiger partial charge in [-0.05, 0) is 25.1 Å². The van der Waals surface area contributed by atoms with E-state index in [0.29, 0.717) is 30.3 Å². The molecule has 0 radical (unpaired) electrons. The SMILES string of the molecule is CCOC(=O)CCNc1ccc(OC)c(Cl)c1. The minimum atomic E-state index is -0.209. The van der Waals surface area contributed by atoms with Gasteiger partial charge in [-0.2, -0.15) is 0 Å². The van der Waals surface area contributed by atoms with Gasteiger partial charge in [0, 0.05) is 12.2 Å². The molecule has 0 unspecified atom stereocenters. The van der Waals surface area contributed by atoms with E-state index in [1.807, 2.05) is 6.07 Å². The molecule has 4 nitrogen and oxygen atoms in total. The Kier molecular flexibility index (Phi) is 5.63. The second-order valence-electron chi connectivity index (χ2n) is 3.33. The highest BCUT2D eigenvalue weighted by molar-refractivity contribution is 6.32. The molecule has 0 aliphatic rings. The van der Waals surface area contributed by atoms with E-state index in [1.165, 1.54) is 0 Å². The maximum Gasteiger partial charge on any atom is 0.307 e. The minimum absolute atomic E-state index is 0.209. The Morgan fingerprint density at radius 1 is 1.47 bits per heavy atom. The molecule has 0 amide bonds. The average Bonchev–Trinajstić information content (AvgIpc) is 2.29. The van der Waals surface area contributed by atoms with Crippen LogP contribution in [0.3, 0.4) is 0 Å². The van der Waals surface area contributed by atoms with E-state index in [2.05, 4.69) is 5.32 Å². The van der Waals surface area contributed by atoms with Crippen LogP contribution in [0, 0.1) is 0 Å². The molecule has 94 valence electrons. The fraction of sp³-hybridized carbons (Fsp3) is 0.417. The van der Waals surface area contributed by atoms with Crippen molar-refractivity contribution in [3.63, 3.8) is 0 Å². The van der Waals surface area contributed by atoms with E-state index in [0.717, 1.165) is 5.69 Å². The van der Waals surface area contributed by atoms with Crippen molar-refractivity contribution in [3.8, 4) is 5.75 Å². The summed E-state index contributed by atoms with van der Waals surface area (Å²) in [6, 6.07) is 5.37. The molecule has 1 N–H and O–H groups in total. The van der Waals surface area contributed by atoms with Gasteiger partial charge in [0.15, 0.2) is 0 Å². The molecule has 0 spiro atoms. The smallest absolute Gasteiger partial charge is 0.307 e. The lowest BCUT2D eigenvalue weighted by molar-refractivity contribution is -0.142. The molecule has 0 bridgehead atoms. The molecule has 5 heteroatoms. The average molecular weight is 258 g/mol. The van der Waals surface area contributed by atoms with Crippen LogP contribution < -0.4 is 10.1 Å². The van der Waals surface area contributed by atoms with Crippen LogP contribution in [0.1, 0.15) is 13.3 Å². The molecule has 17 heavy (non-hydrogen) atoms. The van der Waals surface area contributed by atoms with Gasteiger partial charge in [-0.25, -0.2) is 0 Å². The van der Waals surface area contributed by atoms with Crippen LogP contribution in [-0.4, -0.2) is 26.2 Å². The summed E-state index contributed by atoms with van der Waals surface area (Å²) in [5.41, 5.74) is 0.847. The molecule has 0 aliphatic carbocycles. The van der Waals surface area contributed by atoms with Gasteiger partial charge in [0.05, 0.1) is 25.2 Å². The van der Waals surface area contributed by atoms with Gasteiger partial charge < -0.3 is 14.8 Å². The van der Waals surface area contributed by atoms with Crippen molar-refractivity contribution in [2.24, 2.45) is 0 Å². The van der Waals surface area contributed by atoms with E-state index in [1.54, 1.807) is 26.2 Å². The van der Waals surface area contributed by atoms with Gasteiger partial charge in [-0.1, -0.05) is 11.6 Å². The Labute approximate surface area is 106 Å². The summed E-state index contributed by atoms with van der Waals surface area (Å²) in [6.45, 7) is 2.71. The van der Waals surface area contributed by atoms with Crippen molar-refractivity contribution >= 4 is 23.3 Å². The van der Waals surface area contributed by atoms with Crippen LogP contribution in [0.25, 0.3) is 0 Å². The lowest BCUT2D eigenvalue weighted by atomic mass is 10.3. The largest absolute Gasteiger partial charge is 0.495 e. The van der Waals surface area contributed by atoms with Crippen LogP contribution in [0.4, 0.5) is 5.69 Å². The van der Waals surface area contributed by atoms with Gasteiger partial charge in [0.2, 0.25) is 0 Å². The number of carbonyl (C=O) groups is 1. The minimum Gasteiger partial charge on any atom is -0.495 e. The Hall–Kier alpha value is -1.42. The number of esters is 1. The number of carbonyl (C=O) groups excluding carboxylic acids is 1. The van der Waals surface area contributed by atoms with Crippen molar-refractivity contribution in [1.82, 2.24) is 0 Å². The first-order valence-corrected chi connectivity index (χ1v) is 5.78. The summed E-state index contributed by atoms with van der Waals surface area (Å²) in [4.78, 5) is 11.1. The zero-order valence-corrected chi connectivity index (χ0v) is 10.7. The lowest BCUT2D eigenvalue weighted by Crippen LogP contribution is -2.11. The number of nitrogens with one attached hydrogen (secondary N) is 1. The third-order valence-electron chi connectivity index (χ3n) is 2.12. The first kappa shape index (κ1) is 13.6. The number of ether oxygens (including phenoxy) is 2. The summed E-state index contributed by atoms with van der Waals surface area (Å²) in [7, 11) is 1.56. The number of rotatable bonds is 6. The van der Waals surface area contributed by atoms with Gasteiger partial charge in [-0.15, -0.1) is 0 Å². The van der Waals surface area contributed by atoms with E-state index in [4.69, 9.17) is 21.1 Å².